The fourth-order valence-corrected chi connectivity index (χ4v) is 1.30. The largest absolute Gasteiger partial charge is 0.487 e. The standard InChI is InChI=1S/C13H19F2NO/c1-13(2,3)16-8-10-6-4-5-7-11(10)17-9-12(14)15/h4-7,12,16H,8-9H2,1-3H3. The van der Waals surface area contributed by atoms with Gasteiger partial charge in [-0.05, 0) is 26.8 Å². The van der Waals surface area contributed by atoms with Crippen molar-refractivity contribution in [3.63, 3.8) is 0 Å². The molecule has 1 rings (SSSR count). The van der Waals surface area contributed by atoms with Crippen LogP contribution in [0, 0.1) is 0 Å². The third-order valence-electron chi connectivity index (χ3n) is 2.15. The maximum atomic E-state index is 12.1. The number of rotatable bonds is 5. The first-order chi connectivity index (χ1) is 7.88. The van der Waals surface area contributed by atoms with E-state index < -0.39 is 13.0 Å². The van der Waals surface area contributed by atoms with Crippen LogP contribution in [0.4, 0.5) is 8.78 Å². The highest BCUT2D eigenvalue weighted by Gasteiger charge is 2.11. The van der Waals surface area contributed by atoms with Gasteiger partial charge in [0.1, 0.15) is 12.4 Å². The molecular formula is C13H19F2NO. The smallest absolute Gasteiger partial charge is 0.272 e. The Labute approximate surface area is 101 Å². The van der Waals surface area contributed by atoms with Gasteiger partial charge < -0.3 is 10.1 Å². The molecule has 0 aliphatic rings. The molecule has 0 aliphatic heterocycles. The second-order valence-electron chi connectivity index (χ2n) is 4.91. The molecule has 0 bridgehead atoms. The second kappa shape index (κ2) is 5.96. The number of nitrogens with one attached hydrogen (secondary N) is 1. The fourth-order valence-electron chi connectivity index (χ4n) is 1.30. The molecule has 1 N–H and O–H groups in total. The molecule has 0 saturated heterocycles. The summed E-state index contributed by atoms with van der Waals surface area (Å²) in [4.78, 5) is 0. The molecule has 0 heterocycles. The Hall–Kier alpha value is -1.16. The molecule has 0 aliphatic carbocycles. The van der Waals surface area contributed by atoms with E-state index in [1.165, 1.54) is 0 Å². The Morgan fingerprint density at radius 2 is 1.88 bits per heavy atom. The monoisotopic (exact) mass is 243 g/mol. The van der Waals surface area contributed by atoms with E-state index in [4.69, 9.17) is 4.74 Å². The van der Waals surface area contributed by atoms with Gasteiger partial charge >= 0.3 is 0 Å². The van der Waals surface area contributed by atoms with E-state index in [9.17, 15) is 8.78 Å². The molecule has 1 aromatic carbocycles. The highest BCUT2D eigenvalue weighted by Crippen LogP contribution is 2.19. The minimum Gasteiger partial charge on any atom is -0.487 e. The van der Waals surface area contributed by atoms with Crippen LogP contribution in [0.3, 0.4) is 0 Å². The van der Waals surface area contributed by atoms with Crippen molar-refractivity contribution in [1.29, 1.82) is 0 Å². The van der Waals surface area contributed by atoms with Crippen LogP contribution >= 0.6 is 0 Å². The molecule has 96 valence electrons. The van der Waals surface area contributed by atoms with Crippen LogP contribution in [0.1, 0.15) is 26.3 Å². The molecule has 0 radical (unpaired) electrons. The number of para-hydroxylation sites is 1. The van der Waals surface area contributed by atoms with Crippen LogP contribution in [0.2, 0.25) is 0 Å². The summed E-state index contributed by atoms with van der Waals surface area (Å²) in [6.07, 6.45) is -2.45. The number of hydrogen-bond donors (Lipinski definition) is 1. The van der Waals surface area contributed by atoms with E-state index in [-0.39, 0.29) is 5.54 Å². The van der Waals surface area contributed by atoms with Gasteiger partial charge in [0.2, 0.25) is 0 Å². The molecule has 2 nitrogen and oxygen atoms in total. The van der Waals surface area contributed by atoms with Gasteiger partial charge in [-0.3, -0.25) is 0 Å². The SMILES string of the molecule is CC(C)(C)NCc1ccccc1OCC(F)F. The predicted octanol–water partition coefficient (Wildman–Crippen LogP) is 3.22. The molecule has 1 aromatic rings. The van der Waals surface area contributed by atoms with Gasteiger partial charge in [-0.25, -0.2) is 8.78 Å². The Kier molecular flexibility index (Phi) is 4.87. The minimum absolute atomic E-state index is 0.0180. The predicted molar refractivity (Wildman–Crippen MR) is 64.5 cm³/mol. The first-order valence-corrected chi connectivity index (χ1v) is 5.62. The van der Waals surface area contributed by atoms with Crippen LogP contribution in [0.5, 0.6) is 5.75 Å². The zero-order valence-corrected chi connectivity index (χ0v) is 10.5. The highest BCUT2D eigenvalue weighted by atomic mass is 19.3. The lowest BCUT2D eigenvalue weighted by Gasteiger charge is -2.21. The normalized spacial score (nSPS) is 11.9. The molecule has 0 aromatic heterocycles. The van der Waals surface area contributed by atoms with Crippen molar-refractivity contribution in [3.8, 4) is 5.75 Å². The fraction of sp³-hybridized carbons (Fsp3) is 0.538. The third kappa shape index (κ3) is 5.63. The first-order valence-electron chi connectivity index (χ1n) is 5.62. The summed E-state index contributed by atoms with van der Waals surface area (Å²) < 4.78 is 29.2. The van der Waals surface area contributed by atoms with Crippen LogP contribution < -0.4 is 10.1 Å². The molecule has 0 saturated carbocycles. The van der Waals surface area contributed by atoms with Gasteiger partial charge in [0.05, 0.1) is 0 Å². The summed E-state index contributed by atoms with van der Waals surface area (Å²) >= 11 is 0. The summed E-state index contributed by atoms with van der Waals surface area (Å²) in [5, 5.41) is 3.30. The molecule has 0 unspecified atom stereocenters. The van der Waals surface area contributed by atoms with Crippen molar-refractivity contribution in [2.45, 2.75) is 39.3 Å². The van der Waals surface area contributed by atoms with Crippen molar-refractivity contribution in [3.05, 3.63) is 29.8 Å². The Balaban J connectivity index is 2.64. The summed E-state index contributed by atoms with van der Waals surface area (Å²) in [5.41, 5.74) is 0.874. The third-order valence-corrected chi connectivity index (χ3v) is 2.15. The quantitative estimate of drug-likeness (QED) is 0.857. The topological polar surface area (TPSA) is 21.3 Å². The van der Waals surface area contributed by atoms with Gasteiger partial charge in [0.25, 0.3) is 6.43 Å². The summed E-state index contributed by atoms with van der Waals surface area (Å²) in [5.74, 6) is 0.518. The van der Waals surface area contributed by atoms with Crippen molar-refractivity contribution < 1.29 is 13.5 Å². The number of halogens is 2. The Bertz CT molecular complexity index is 348. The van der Waals surface area contributed by atoms with Gasteiger partial charge in [-0.15, -0.1) is 0 Å². The molecule has 0 atom stereocenters. The number of hydrogen-bond acceptors (Lipinski definition) is 2. The maximum Gasteiger partial charge on any atom is 0.272 e. The lowest BCUT2D eigenvalue weighted by atomic mass is 10.1. The molecule has 4 heteroatoms. The van der Waals surface area contributed by atoms with Crippen LogP contribution in [-0.2, 0) is 6.54 Å². The van der Waals surface area contributed by atoms with Crippen LogP contribution in [0.25, 0.3) is 0 Å². The molecule has 0 spiro atoms. The molecule has 0 amide bonds. The van der Waals surface area contributed by atoms with E-state index in [0.717, 1.165) is 5.56 Å². The number of benzene rings is 1. The van der Waals surface area contributed by atoms with Crippen molar-refractivity contribution in [1.82, 2.24) is 5.32 Å². The van der Waals surface area contributed by atoms with Gasteiger partial charge in [-0.1, -0.05) is 18.2 Å². The lowest BCUT2D eigenvalue weighted by Crippen LogP contribution is -2.35. The summed E-state index contributed by atoms with van der Waals surface area (Å²) in [6, 6.07) is 7.23. The Morgan fingerprint density at radius 3 is 2.47 bits per heavy atom. The van der Waals surface area contributed by atoms with Crippen molar-refractivity contribution >= 4 is 0 Å². The highest BCUT2D eigenvalue weighted by molar-refractivity contribution is 5.33. The van der Waals surface area contributed by atoms with Crippen molar-refractivity contribution in [2.75, 3.05) is 6.61 Å². The lowest BCUT2D eigenvalue weighted by molar-refractivity contribution is 0.0813. The summed E-state index contributed by atoms with van der Waals surface area (Å²) in [6.45, 7) is 6.19. The van der Waals surface area contributed by atoms with E-state index >= 15 is 0 Å². The van der Waals surface area contributed by atoms with E-state index in [1.54, 1.807) is 12.1 Å². The average Bonchev–Trinajstić information content (AvgIpc) is 2.23. The Morgan fingerprint density at radius 1 is 1.24 bits per heavy atom. The molecule has 0 fully saturated rings. The number of ether oxygens (including phenoxy) is 1. The van der Waals surface area contributed by atoms with Gasteiger partial charge in [-0.2, -0.15) is 0 Å². The van der Waals surface area contributed by atoms with E-state index in [2.05, 4.69) is 26.1 Å². The zero-order valence-electron chi connectivity index (χ0n) is 10.5. The van der Waals surface area contributed by atoms with Crippen LogP contribution in [-0.4, -0.2) is 18.6 Å². The second-order valence-corrected chi connectivity index (χ2v) is 4.91. The van der Waals surface area contributed by atoms with Gasteiger partial charge in [0.15, 0.2) is 0 Å². The van der Waals surface area contributed by atoms with Crippen molar-refractivity contribution in [2.24, 2.45) is 0 Å². The molecule has 17 heavy (non-hydrogen) atoms. The first kappa shape index (κ1) is 13.9. The van der Waals surface area contributed by atoms with Crippen LogP contribution in [0.15, 0.2) is 24.3 Å². The summed E-state index contributed by atoms with van der Waals surface area (Å²) in [7, 11) is 0. The minimum atomic E-state index is -2.45. The maximum absolute atomic E-state index is 12.1. The molecular weight excluding hydrogens is 224 g/mol. The average molecular weight is 243 g/mol. The zero-order chi connectivity index (χ0) is 12.9. The number of alkyl halides is 2. The van der Waals surface area contributed by atoms with E-state index in [0.29, 0.717) is 12.3 Å². The van der Waals surface area contributed by atoms with E-state index in [1.807, 2.05) is 12.1 Å². The van der Waals surface area contributed by atoms with Gasteiger partial charge in [0, 0.05) is 17.6 Å².